The highest BCUT2D eigenvalue weighted by Gasteiger charge is 2.11. The average Bonchev–Trinajstić information content (AvgIpc) is 3.03. The van der Waals surface area contributed by atoms with Crippen molar-refractivity contribution in [1.82, 2.24) is 14.6 Å². The third kappa shape index (κ3) is 2.91. The van der Waals surface area contributed by atoms with Crippen LogP contribution in [-0.4, -0.2) is 26.0 Å². The third-order valence-electron chi connectivity index (χ3n) is 4.48. The van der Waals surface area contributed by atoms with E-state index in [2.05, 4.69) is 21.6 Å². The molecule has 134 valence electrons. The monoisotopic (exact) mass is 358 g/mol. The maximum absolute atomic E-state index is 12.8. The number of para-hydroxylation sites is 1. The molecule has 2 aromatic heterocycles. The molecule has 0 aliphatic rings. The number of phenols is 1. The SMILES string of the molecule is C=CCc1cccc(/C=N/n2cnc3c([nH]c4ccc(C)cc43)c2=O)c1O. The minimum Gasteiger partial charge on any atom is -0.507 e. The Morgan fingerprint density at radius 2 is 2.19 bits per heavy atom. The second kappa shape index (κ2) is 6.57. The lowest BCUT2D eigenvalue weighted by Crippen LogP contribution is -2.17. The number of fused-ring (bicyclic) bond motifs is 3. The Labute approximate surface area is 155 Å². The molecule has 27 heavy (non-hydrogen) atoms. The molecule has 0 saturated carbocycles. The van der Waals surface area contributed by atoms with Gasteiger partial charge in [-0.15, -0.1) is 6.58 Å². The van der Waals surface area contributed by atoms with Crippen LogP contribution >= 0.6 is 0 Å². The smallest absolute Gasteiger partial charge is 0.298 e. The molecule has 0 spiro atoms. The van der Waals surface area contributed by atoms with E-state index >= 15 is 0 Å². The first kappa shape index (κ1) is 16.8. The fourth-order valence-electron chi connectivity index (χ4n) is 3.10. The molecular formula is C21H18N4O2. The summed E-state index contributed by atoms with van der Waals surface area (Å²) in [6, 6.07) is 11.3. The quantitative estimate of drug-likeness (QED) is 0.433. The molecule has 6 heteroatoms. The molecule has 0 unspecified atom stereocenters. The maximum atomic E-state index is 12.8. The van der Waals surface area contributed by atoms with Gasteiger partial charge in [0.25, 0.3) is 5.56 Å². The van der Waals surface area contributed by atoms with E-state index in [0.717, 1.165) is 26.7 Å². The number of benzene rings is 2. The number of nitrogens with one attached hydrogen (secondary N) is 1. The van der Waals surface area contributed by atoms with E-state index < -0.39 is 0 Å². The van der Waals surface area contributed by atoms with Gasteiger partial charge in [0.1, 0.15) is 23.1 Å². The van der Waals surface area contributed by atoms with E-state index in [4.69, 9.17) is 0 Å². The lowest BCUT2D eigenvalue weighted by molar-refractivity contribution is 0.469. The van der Waals surface area contributed by atoms with E-state index in [0.29, 0.717) is 23.0 Å². The predicted molar refractivity (Wildman–Crippen MR) is 108 cm³/mol. The summed E-state index contributed by atoms with van der Waals surface area (Å²) in [5.41, 5.74) is 3.96. The second-order valence-corrected chi connectivity index (χ2v) is 6.38. The second-order valence-electron chi connectivity index (χ2n) is 6.38. The van der Waals surface area contributed by atoms with Crippen LogP contribution < -0.4 is 5.56 Å². The Kier molecular flexibility index (Phi) is 4.08. The molecule has 0 saturated heterocycles. The van der Waals surface area contributed by atoms with Gasteiger partial charge < -0.3 is 10.1 Å². The lowest BCUT2D eigenvalue weighted by Gasteiger charge is -2.04. The Morgan fingerprint density at radius 1 is 1.33 bits per heavy atom. The number of aromatic hydroxyl groups is 1. The molecule has 0 aliphatic heterocycles. The van der Waals surface area contributed by atoms with Crippen LogP contribution in [0.5, 0.6) is 5.75 Å². The zero-order valence-electron chi connectivity index (χ0n) is 14.8. The number of phenolic OH excluding ortho intramolecular Hbond substituents is 1. The number of aromatic amines is 1. The standard InChI is InChI=1S/C21H18N4O2/c1-3-5-14-6-4-7-15(20(14)26)11-23-25-12-22-18-16-10-13(2)8-9-17(16)24-19(18)21(25)27/h3-4,6-12,24,26H,1,5H2,2H3/b23-11+. The van der Waals surface area contributed by atoms with Gasteiger partial charge in [0.05, 0.1) is 6.21 Å². The van der Waals surface area contributed by atoms with Crippen molar-refractivity contribution in [2.75, 3.05) is 0 Å². The Balaban J connectivity index is 1.79. The molecule has 4 aromatic rings. The third-order valence-corrected chi connectivity index (χ3v) is 4.48. The van der Waals surface area contributed by atoms with Crippen molar-refractivity contribution in [3.8, 4) is 5.75 Å². The molecule has 2 aromatic carbocycles. The molecular weight excluding hydrogens is 340 g/mol. The molecule has 0 aliphatic carbocycles. The van der Waals surface area contributed by atoms with Crippen LogP contribution in [0.15, 0.2) is 65.3 Å². The van der Waals surface area contributed by atoms with Gasteiger partial charge in [0.15, 0.2) is 0 Å². The van der Waals surface area contributed by atoms with E-state index in [1.807, 2.05) is 37.3 Å². The van der Waals surface area contributed by atoms with Crippen LogP contribution in [0.25, 0.3) is 21.9 Å². The van der Waals surface area contributed by atoms with Crippen molar-refractivity contribution < 1.29 is 5.11 Å². The molecule has 0 bridgehead atoms. The Bertz CT molecular complexity index is 1260. The number of aromatic nitrogens is 3. The van der Waals surface area contributed by atoms with Gasteiger partial charge in [-0.05, 0) is 37.1 Å². The number of H-pyrrole nitrogens is 1. The van der Waals surface area contributed by atoms with E-state index in [-0.39, 0.29) is 11.3 Å². The first-order chi connectivity index (χ1) is 13.1. The molecule has 0 radical (unpaired) electrons. The minimum atomic E-state index is -0.299. The van der Waals surface area contributed by atoms with Gasteiger partial charge in [-0.2, -0.15) is 9.78 Å². The van der Waals surface area contributed by atoms with Crippen molar-refractivity contribution in [1.29, 1.82) is 0 Å². The fraction of sp³-hybridized carbons (Fsp3) is 0.0952. The van der Waals surface area contributed by atoms with E-state index in [1.54, 1.807) is 12.1 Å². The Morgan fingerprint density at radius 3 is 3.00 bits per heavy atom. The number of hydrogen-bond acceptors (Lipinski definition) is 4. The van der Waals surface area contributed by atoms with Gasteiger partial charge in [0, 0.05) is 16.5 Å². The number of aryl methyl sites for hydroxylation is 1. The first-order valence-corrected chi connectivity index (χ1v) is 8.54. The van der Waals surface area contributed by atoms with Crippen molar-refractivity contribution in [2.45, 2.75) is 13.3 Å². The number of allylic oxidation sites excluding steroid dienone is 1. The van der Waals surface area contributed by atoms with Gasteiger partial charge in [0.2, 0.25) is 0 Å². The highest BCUT2D eigenvalue weighted by atomic mass is 16.3. The highest BCUT2D eigenvalue weighted by molar-refractivity contribution is 6.04. The molecule has 0 amide bonds. The van der Waals surface area contributed by atoms with Gasteiger partial charge in [-0.25, -0.2) is 4.98 Å². The normalized spacial score (nSPS) is 11.6. The van der Waals surface area contributed by atoms with Crippen molar-refractivity contribution in [2.24, 2.45) is 5.10 Å². The van der Waals surface area contributed by atoms with Crippen LogP contribution in [-0.2, 0) is 6.42 Å². The van der Waals surface area contributed by atoms with E-state index in [1.165, 1.54) is 12.5 Å². The molecule has 0 fully saturated rings. The summed E-state index contributed by atoms with van der Waals surface area (Å²) in [5.74, 6) is 0.129. The molecule has 0 atom stereocenters. The zero-order valence-corrected chi connectivity index (χ0v) is 14.8. The predicted octanol–water partition coefficient (Wildman–Crippen LogP) is 3.50. The number of nitrogens with zero attached hydrogens (tertiary/aromatic N) is 3. The zero-order chi connectivity index (χ0) is 19.0. The topological polar surface area (TPSA) is 83.3 Å². The average molecular weight is 358 g/mol. The van der Waals surface area contributed by atoms with Crippen LogP contribution in [0, 0.1) is 6.92 Å². The minimum absolute atomic E-state index is 0.129. The summed E-state index contributed by atoms with van der Waals surface area (Å²) < 4.78 is 1.16. The fourth-order valence-corrected chi connectivity index (χ4v) is 3.10. The summed E-state index contributed by atoms with van der Waals surface area (Å²) in [7, 11) is 0. The van der Waals surface area contributed by atoms with Crippen LogP contribution in [0.4, 0.5) is 0 Å². The summed E-state index contributed by atoms with van der Waals surface area (Å²) in [6.07, 6.45) is 5.11. The molecule has 2 N–H and O–H groups in total. The number of rotatable bonds is 4. The van der Waals surface area contributed by atoms with Crippen LogP contribution in [0.3, 0.4) is 0 Å². The van der Waals surface area contributed by atoms with Crippen molar-refractivity contribution >= 4 is 28.2 Å². The largest absolute Gasteiger partial charge is 0.507 e. The van der Waals surface area contributed by atoms with Gasteiger partial charge in [-0.1, -0.05) is 29.8 Å². The van der Waals surface area contributed by atoms with E-state index in [9.17, 15) is 9.90 Å². The van der Waals surface area contributed by atoms with Gasteiger partial charge in [-0.3, -0.25) is 4.79 Å². The maximum Gasteiger partial charge on any atom is 0.298 e. The van der Waals surface area contributed by atoms with Crippen molar-refractivity contribution in [3.63, 3.8) is 0 Å². The van der Waals surface area contributed by atoms with Crippen molar-refractivity contribution in [3.05, 3.63) is 82.4 Å². The molecule has 2 heterocycles. The molecule has 4 rings (SSSR count). The first-order valence-electron chi connectivity index (χ1n) is 8.54. The van der Waals surface area contributed by atoms with Crippen LogP contribution in [0.2, 0.25) is 0 Å². The highest BCUT2D eigenvalue weighted by Crippen LogP contribution is 2.23. The summed E-state index contributed by atoms with van der Waals surface area (Å²) in [4.78, 5) is 20.3. The Hall–Kier alpha value is -3.67. The van der Waals surface area contributed by atoms with Gasteiger partial charge >= 0.3 is 0 Å². The number of hydrogen-bond donors (Lipinski definition) is 2. The van der Waals surface area contributed by atoms with Crippen LogP contribution in [0.1, 0.15) is 16.7 Å². The molecule has 6 nitrogen and oxygen atoms in total. The summed E-state index contributed by atoms with van der Waals surface area (Å²) in [5, 5.41) is 15.4. The summed E-state index contributed by atoms with van der Waals surface area (Å²) in [6.45, 7) is 5.68. The lowest BCUT2D eigenvalue weighted by atomic mass is 10.1. The summed E-state index contributed by atoms with van der Waals surface area (Å²) >= 11 is 0.